The lowest BCUT2D eigenvalue weighted by Crippen LogP contribution is -2.36. The van der Waals surface area contributed by atoms with Crippen molar-refractivity contribution in [2.45, 2.75) is 45.4 Å². The Labute approximate surface area is 143 Å². The van der Waals surface area contributed by atoms with E-state index in [4.69, 9.17) is 5.73 Å². The number of nitrogens with one attached hydrogen (secondary N) is 1. The first-order chi connectivity index (χ1) is 11.6. The molecule has 1 fully saturated rings. The number of rotatable bonds is 5. The van der Waals surface area contributed by atoms with Crippen molar-refractivity contribution in [1.29, 1.82) is 0 Å². The molecule has 5 heteroatoms. The van der Waals surface area contributed by atoms with Gasteiger partial charge in [0.1, 0.15) is 0 Å². The highest BCUT2D eigenvalue weighted by Crippen LogP contribution is 2.38. The van der Waals surface area contributed by atoms with Crippen LogP contribution >= 0.6 is 0 Å². The maximum Gasteiger partial charge on any atom is 0.225 e. The maximum absolute atomic E-state index is 12.6. The van der Waals surface area contributed by atoms with Gasteiger partial charge >= 0.3 is 0 Å². The van der Waals surface area contributed by atoms with Crippen molar-refractivity contribution >= 4 is 11.6 Å². The van der Waals surface area contributed by atoms with Gasteiger partial charge in [-0.2, -0.15) is 5.10 Å². The van der Waals surface area contributed by atoms with Crippen LogP contribution in [-0.2, 0) is 4.79 Å². The Kier molecular flexibility index (Phi) is 5.00. The monoisotopic (exact) mass is 326 g/mol. The second-order valence-electron chi connectivity index (χ2n) is 6.91. The van der Waals surface area contributed by atoms with Gasteiger partial charge in [-0.1, -0.05) is 31.4 Å². The molecule has 1 aromatic heterocycles. The summed E-state index contributed by atoms with van der Waals surface area (Å²) in [6.45, 7) is 2.53. The van der Waals surface area contributed by atoms with Gasteiger partial charge in [-0.15, -0.1) is 0 Å². The Bertz CT molecular complexity index is 701. The van der Waals surface area contributed by atoms with Crippen LogP contribution in [0.25, 0.3) is 5.69 Å². The molecule has 24 heavy (non-hydrogen) atoms. The molecule has 0 bridgehead atoms. The highest BCUT2D eigenvalue weighted by Gasteiger charge is 2.33. The van der Waals surface area contributed by atoms with Crippen LogP contribution < -0.4 is 11.1 Å². The molecule has 1 aromatic carbocycles. The first-order valence-electron chi connectivity index (χ1n) is 8.73. The predicted molar refractivity (Wildman–Crippen MR) is 96.1 cm³/mol. The molecular formula is C19H26N4O. The summed E-state index contributed by atoms with van der Waals surface area (Å²) in [6, 6.07) is 9.70. The number of anilines is 1. The van der Waals surface area contributed by atoms with E-state index in [1.54, 1.807) is 4.68 Å². The molecule has 0 spiro atoms. The molecule has 0 saturated heterocycles. The topological polar surface area (TPSA) is 72.9 Å². The van der Waals surface area contributed by atoms with Crippen LogP contribution in [0.4, 0.5) is 5.69 Å². The lowest BCUT2D eigenvalue weighted by Gasteiger charge is -2.35. The van der Waals surface area contributed by atoms with E-state index in [1.165, 1.54) is 19.3 Å². The van der Waals surface area contributed by atoms with Crippen molar-refractivity contribution in [2.75, 3.05) is 11.9 Å². The summed E-state index contributed by atoms with van der Waals surface area (Å²) in [5.74, 6) is 0.0404. The fourth-order valence-corrected chi connectivity index (χ4v) is 3.62. The Balaban J connectivity index is 1.75. The van der Waals surface area contributed by atoms with Crippen LogP contribution in [0.3, 0.4) is 0 Å². The lowest BCUT2D eigenvalue weighted by molar-refractivity contribution is -0.118. The van der Waals surface area contributed by atoms with Crippen LogP contribution in [0.2, 0.25) is 0 Å². The molecule has 0 aliphatic heterocycles. The number of para-hydroxylation sites is 2. The molecule has 5 nitrogen and oxygen atoms in total. The summed E-state index contributed by atoms with van der Waals surface area (Å²) in [5, 5.41) is 7.51. The average Bonchev–Trinajstić information content (AvgIpc) is 3.02. The number of hydrogen-bond acceptors (Lipinski definition) is 3. The molecule has 0 radical (unpaired) electrons. The minimum absolute atomic E-state index is 0.0282. The SMILES string of the molecule is Cc1ccn(-c2ccccc2NC(=O)CC2(CN)CCCCC2)n1. The van der Waals surface area contributed by atoms with E-state index in [0.717, 1.165) is 29.9 Å². The summed E-state index contributed by atoms with van der Waals surface area (Å²) < 4.78 is 1.80. The first kappa shape index (κ1) is 16.7. The smallest absolute Gasteiger partial charge is 0.225 e. The number of amides is 1. The standard InChI is InChI=1S/C19H26N4O/c1-15-9-12-23(22-15)17-8-4-3-7-16(17)21-18(24)13-19(14-20)10-5-2-6-11-19/h3-4,7-9,12H,2,5-6,10-11,13-14,20H2,1H3,(H,21,24). The zero-order valence-electron chi connectivity index (χ0n) is 14.3. The molecule has 2 aromatic rings. The fraction of sp³-hybridized carbons (Fsp3) is 0.474. The molecule has 1 aliphatic carbocycles. The molecule has 128 valence electrons. The average molecular weight is 326 g/mol. The summed E-state index contributed by atoms with van der Waals surface area (Å²) in [5.41, 5.74) is 8.59. The van der Waals surface area contributed by atoms with E-state index < -0.39 is 0 Å². The van der Waals surface area contributed by atoms with Gasteiger partial charge in [0.25, 0.3) is 0 Å². The highest BCUT2D eigenvalue weighted by molar-refractivity contribution is 5.93. The molecule has 3 rings (SSSR count). The van der Waals surface area contributed by atoms with Gasteiger partial charge in [0.05, 0.1) is 17.1 Å². The molecule has 1 aliphatic rings. The van der Waals surface area contributed by atoms with Gasteiger partial charge in [0.15, 0.2) is 0 Å². The number of hydrogen-bond donors (Lipinski definition) is 2. The molecular weight excluding hydrogens is 300 g/mol. The third kappa shape index (κ3) is 3.67. The van der Waals surface area contributed by atoms with Gasteiger partial charge < -0.3 is 11.1 Å². The molecule has 0 unspecified atom stereocenters. The number of carbonyl (C=O) groups is 1. The first-order valence-corrected chi connectivity index (χ1v) is 8.73. The van der Waals surface area contributed by atoms with Crippen molar-refractivity contribution in [2.24, 2.45) is 11.1 Å². The summed E-state index contributed by atoms with van der Waals surface area (Å²) in [7, 11) is 0. The number of aryl methyl sites for hydroxylation is 1. The van der Waals surface area contributed by atoms with Crippen LogP contribution in [0.15, 0.2) is 36.5 Å². The predicted octanol–water partition coefficient (Wildman–Crippen LogP) is 3.42. The van der Waals surface area contributed by atoms with E-state index in [0.29, 0.717) is 13.0 Å². The number of benzene rings is 1. The van der Waals surface area contributed by atoms with E-state index in [2.05, 4.69) is 10.4 Å². The van der Waals surface area contributed by atoms with Crippen molar-refractivity contribution in [1.82, 2.24) is 9.78 Å². The zero-order chi connectivity index (χ0) is 17.0. The molecule has 3 N–H and O–H groups in total. The Morgan fingerprint density at radius 2 is 2.00 bits per heavy atom. The van der Waals surface area contributed by atoms with Crippen LogP contribution in [-0.4, -0.2) is 22.2 Å². The third-order valence-electron chi connectivity index (χ3n) is 5.03. The number of nitrogens with zero attached hydrogens (tertiary/aromatic N) is 2. The summed E-state index contributed by atoms with van der Waals surface area (Å²) >= 11 is 0. The Morgan fingerprint density at radius 3 is 2.67 bits per heavy atom. The maximum atomic E-state index is 12.6. The van der Waals surface area contributed by atoms with Crippen molar-refractivity contribution in [3.63, 3.8) is 0 Å². The third-order valence-corrected chi connectivity index (χ3v) is 5.03. The lowest BCUT2D eigenvalue weighted by atomic mass is 9.71. The Morgan fingerprint density at radius 1 is 1.25 bits per heavy atom. The highest BCUT2D eigenvalue weighted by atomic mass is 16.1. The molecule has 1 heterocycles. The minimum Gasteiger partial charge on any atom is -0.330 e. The van der Waals surface area contributed by atoms with Gasteiger partial charge in [0, 0.05) is 12.6 Å². The van der Waals surface area contributed by atoms with E-state index in [-0.39, 0.29) is 11.3 Å². The van der Waals surface area contributed by atoms with E-state index in [1.807, 2.05) is 43.5 Å². The van der Waals surface area contributed by atoms with E-state index in [9.17, 15) is 4.79 Å². The molecule has 1 saturated carbocycles. The summed E-state index contributed by atoms with van der Waals surface area (Å²) in [4.78, 5) is 12.6. The van der Waals surface area contributed by atoms with Crippen molar-refractivity contribution in [3.8, 4) is 5.69 Å². The largest absolute Gasteiger partial charge is 0.330 e. The van der Waals surface area contributed by atoms with Gasteiger partial charge in [0.2, 0.25) is 5.91 Å². The number of aromatic nitrogens is 2. The second kappa shape index (κ2) is 7.18. The van der Waals surface area contributed by atoms with Gasteiger partial charge in [-0.05, 0) is 49.9 Å². The molecule has 0 atom stereocenters. The van der Waals surface area contributed by atoms with E-state index >= 15 is 0 Å². The van der Waals surface area contributed by atoms with Crippen LogP contribution in [0, 0.1) is 12.3 Å². The normalized spacial score (nSPS) is 16.8. The van der Waals surface area contributed by atoms with Gasteiger partial charge in [-0.3, -0.25) is 4.79 Å². The number of carbonyl (C=O) groups excluding carboxylic acids is 1. The summed E-state index contributed by atoms with van der Waals surface area (Å²) in [6.07, 6.45) is 8.11. The quantitative estimate of drug-likeness (QED) is 0.884. The molecule has 1 amide bonds. The van der Waals surface area contributed by atoms with Crippen LogP contribution in [0.1, 0.15) is 44.2 Å². The van der Waals surface area contributed by atoms with Crippen LogP contribution in [0.5, 0.6) is 0 Å². The van der Waals surface area contributed by atoms with Crippen molar-refractivity contribution in [3.05, 3.63) is 42.2 Å². The fourth-order valence-electron chi connectivity index (χ4n) is 3.62. The van der Waals surface area contributed by atoms with Gasteiger partial charge in [-0.25, -0.2) is 4.68 Å². The minimum atomic E-state index is -0.0282. The van der Waals surface area contributed by atoms with Crippen molar-refractivity contribution < 1.29 is 4.79 Å². The Hall–Kier alpha value is -2.14. The number of nitrogens with two attached hydrogens (primary N) is 1. The second-order valence-corrected chi connectivity index (χ2v) is 6.91. The zero-order valence-corrected chi connectivity index (χ0v) is 14.3.